The monoisotopic (exact) mass is 397 g/mol. The lowest BCUT2D eigenvalue weighted by Gasteiger charge is -2.22. The number of carboxylic acid groups (broad SMARTS) is 1. The van der Waals surface area contributed by atoms with E-state index in [0.29, 0.717) is 10.6 Å². The fraction of sp³-hybridized carbons (Fsp3) is 0.263. The first-order chi connectivity index (χ1) is 12.9. The average Bonchev–Trinajstić information content (AvgIpc) is 2.63. The summed E-state index contributed by atoms with van der Waals surface area (Å²) >= 11 is 6.01. The van der Waals surface area contributed by atoms with Crippen molar-refractivity contribution in [3.8, 4) is 0 Å². The van der Waals surface area contributed by atoms with Gasteiger partial charge in [0.2, 0.25) is 5.91 Å². The SMILES string of the molecule is O=C(O)CCN(Cc1cccc(F)c1F)C(=O)COCc1ccccc1Cl. The second-order valence-electron chi connectivity index (χ2n) is 5.76. The number of hydrogen-bond donors (Lipinski definition) is 1. The second kappa shape index (κ2) is 9.99. The molecule has 0 aliphatic carbocycles. The van der Waals surface area contributed by atoms with Gasteiger partial charge in [-0.2, -0.15) is 0 Å². The summed E-state index contributed by atoms with van der Waals surface area (Å²) in [5.74, 6) is -3.74. The molecule has 2 aromatic carbocycles. The Hall–Kier alpha value is -2.51. The molecule has 0 aliphatic rings. The summed E-state index contributed by atoms with van der Waals surface area (Å²) in [6.07, 6.45) is -0.326. The highest BCUT2D eigenvalue weighted by Crippen LogP contribution is 2.17. The van der Waals surface area contributed by atoms with Crippen LogP contribution in [0.3, 0.4) is 0 Å². The fourth-order valence-electron chi connectivity index (χ4n) is 2.35. The van der Waals surface area contributed by atoms with Crippen LogP contribution in [-0.4, -0.2) is 35.0 Å². The molecule has 0 fully saturated rings. The highest BCUT2D eigenvalue weighted by Gasteiger charge is 2.18. The van der Waals surface area contributed by atoms with E-state index < -0.39 is 23.5 Å². The van der Waals surface area contributed by atoms with Gasteiger partial charge in [-0.15, -0.1) is 0 Å². The summed E-state index contributed by atoms with van der Waals surface area (Å²) < 4.78 is 32.6. The van der Waals surface area contributed by atoms with Gasteiger partial charge in [0, 0.05) is 23.7 Å². The summed E-state index contributed by atoms with van der Waals surface area (Å²) in [6, 6.07) is 10.6. The summed E-state index contributed by atoms with van der Waals surface area (Å²) in [4.78, 5) is 24.3. The number of benzene rings is 2. The zero-order valence-corrected chi connectivity index (χ0v) is 15.1. The number of hydrogen-bond acceptors (Lipinski definition) is 3. The van der Waals surface area contributed by atoms with Crippen molar-refractivity contribution in [2.45, 2.75) is 19.6 Å². The molecule has 0 atom stereocenters. The fourth-order valence-corrected chi connectivity index (χ4v) is 2.54. The van der Waals surface area contributed by atoms with Crippen LogP contribution in [0.25, 0.3) is 0 Å². The van der Waals surface area contributed by atoms with Crippen LogP contribution in [-0.2, 0) is 27.5 Å². The number of carbonyl (C=O) groups excluding carboxylic acids is 1. The molecule has 27 heavy (non-hydrogen) atoms. The molecule has 5 nitrogen and oxygen atoms in total. The Labute approximate surface area is 160 Å². The van der Waals surface area contributed by atoms with E-state index >= 15 is 0 Å². The largest absolute Gasteiger partial charge is 0.481 e. The van der Waals surface area contributed by atoms with E-state index in [1.807, 2.05) is 0 Å². The van der Waals surface area contributed by atoms with E-state index in [2.05, 4.69) is 0 Å². The Morgan fingerprint density at radius 2 is 1.78 bits per heavy atom. The molecule has 0 radical (unpaired) electrons. The van der Waals surface area contributed by atoms with Gasteiger partial charge in [0.1, 0.15) is 6.61 Å². The van der Waals surface area contributed by atoms with Crippen molar-refractivity contribution in [3.63, 3.8) is 0 Å². The molecule has 144 valence electrons. The quantitative estimate of drug-likeness (QED) is 0.701. The van der Waals surface area contributed by atoms with Crippen LogP contribution >= 0.6 is 11.6 Å². The van der Waals surface area contributed by atoms with Gasteiger partial charge in [0.25, 0.3) is 0 Å². The van der Waals surface area contributed by atoms with Crippen LogP contribution in [0, 0.1) is 11.6 Å². The lowest BCUT2D eigenvalue weighted by Crippen LogP contribution is -2.35. The molecule has 0 saturated carbocycles. The van der Waals surface area contributed by atoms with Crippen molar-refractivity contribution in [3.05, 3.63) is 70.2 Å². The first-order valence-corrected chi connectivity index (χ1v) is 8.50. The van der Waals surface area contributed by atoms with Crippen molar-refractivity contribution >= 4 is 23.5 Å². The Balaban J connectivity index is 2.01. The molecule has 0 aromatic heterocycles. The standard InChI is InChI=1S/C19H18ClF2NO4/c20-15-6-2-1-4-14(15)11-27-12-17(24)23(9-8-18(25)26)10-13-5-3-7-16(21)19(13)22/h1-7H,8-12H2,(H,25,26). The van der Waals surface area contributed by atoms with Gasteiger partial charge in [-0.3, -0.25) is 9.59 Å². The average molecular weight is 398 g/mol. The number of ether oxygens (including phenoxy) is 1. The number of aliphatic carboxylic acids is 1. The topological polar surface area (TPSA) is 66.8 Å². The van der Waals surface area contributed by atoms with Crippen LogP contribution in [0.4, 0.5) is 8.78 Å². The molecule has 0 saturated heterocycles. The lowest BCUT2D eigenvalue weighted by atomic mass is 10.2. The Bertz CT molecular complexity index is 816. The normalized spacial score (nSPS) is 10.6. The van der Waals surface area contributed by atoms with E-state index in [9.17, 15) is 18.4 Å². The maximum absolute atomic E-state index is 13.9. The van der Waals surface area contributed by atoms with Crippen molar-refractivity contribution < 1.29 is 28.2 Å². The number of nitrogens with zero attached hydrogens (tertiary/aromatic N) is 1. The van der Waals surface area contributed by atoms with Gasteiger partial charge in [-0.1, -0.05) is 41.9 Å². The third kappa shape index (κ3) is 6.30. The van der Waals surface area contributed by atoms with Gasteiger partial charge in [-0.25, -0.2) is 8.78 Å². The molecule has 2 rings (SSSR count). The first kappa shape index (κ1) is 20.8. The molecule has 0 bridgehead atoms. The molecule has 1 amide bonds. The summed E-state index contributed by atoms with van der Waals surface area (Å²) in [5, 5.41) is 9.34. The zero-order valence-electron chi connectivity index (χ0n) is 14.3. The Morgan fingerprint density at radius 3 is 2.48 bits per heavy atom. The molecule has 0 unspecified atom stereocenters. The van der Waals surface area contributed by atoms with Gasteiger partial charge < -0.3 is 14.7 Å². The van der Waals surface area contributed by atoms with Crippen LogP contribution in [0.5, 0.6) is 0 Å². The number of carboxylic acids is 1. The molecule has 2 aromatic rings. The van der Waals surface area contributed by atoms with E-state index in [-0.39, 0.29) is 38.3 Å². The minimum atomic E-state index is -1.11. The van der Waals surface area contributed by atoms with Crippen LogP contribution in [0.15, 0.2) is 42.5 Å². The van der Waals surface area contributed by atoms with E-state index in [1.165, 1.54) is 12.1 Å². The summed E-state index contributed by atoms with van der Waals surface area (Å²) in [6.45, 7) is -0.668. The van der Waals surface area contributed by atoms with Crippen LogP contribution in [0.2, 0.25) is 5.02 Å². The summed E-state index contributed by atoms with van der Waals surface area (Å²) in [7, 11) is 0. The highest BCUT2D eigenvalue weighted by molar-refractivity contribution is 6.31. The zero-order chi connectivity index (χ0) is 19.8. The number of halogens is 3. The van der Waals surface area contributed by atoms with Crippen molar-refractivity contribution in [1.82, 2.24) is 4.90 Å². The van der Waals surface area contributed by atoms with Crippen LogP contribution in [0.1, 0.15) is 17.5 Å². The lowest BCUT2D eigenvalue weighted by molar-refractivity contribution is -0.140. The van der Waals surface area contributed by atoms with Crippen molar-refractivity contribution in [2.75, 3.05) is 13.2 Å². The summed E-state index contributed by atoms with van der Waals surface area (Å²) in [5.41, 5.74) is 0.653. The van der Waals surface area contributed by atoms with E-state index in [0.717, 1.165) is 11.0 Å². The third-order valence-electron chi connectivity index (χ3n) is 3.78. The minimum absolute atomic E-state index is 0.0418. The van der Waals surface area contributed by atoms with Crippen molar-refractivity contribution in [2.24, 2.45) is 0 Å². The number of amides is 1. The van der Waals surface area contributed by atoms with Gasteiger partial charge in [-0.05, 0) is 17.7 Å². The molecular weight excluding hydrogens is 380 g/mol. The maximum Gasteiger partial charge on any atom is 0.305 e. The maximum atomic E-state index is 13.9. The van der Waals surface area contributed by atoms with Gasteiger partial charge in [0.05, 0.1) is 13.0 Å². The minimum Gasteiger partial charge on any atom is -0.481 e. The van der Waals surface area contributed by atoms with Crippen molar-refractivity contribution in [1.29, 1.82) is 0 Å². The van der Waals surface area contributed by atoms with Crippen LogP contribution < -0.4 is 0 Å². The predicted molar refractivity (Wildman–Crippen MR) is 95.1 cm³/mol. The molecule has 1 N–H and O–H groups in total. The molecule has 0 spiro atoms. The van der Waals surface area contributed by atoms with Gasteiger partial charge in [0.15, 0.2) is 11.6 Å². The molecule has 0 heterocycles. The van der Waals surface area contributed by atoms with E-state index in [1.54, 1.807) is 24.3 Å². The third-order valence-corrected chi connectivity index (χ3v) is 4.15. The van der Waals surface area contributed by atoms with Gasteiger partial charge >= 0.3 is 5.97 Å². The smallest absolute Gasteiger partial charge is 0.305 e. The molecule has 8 heteroatoms. The second-order valence-corrected chi connectivity index (χ2v) is 6.16. The predicted octanol–water partition coefficient (Wildman–Crippen LogP) is 3.64. The Morgan fingerprint density at radius 1 is 1.07 bits per heavy atom. The molecule has 0 aliphatic heterocycles. The first-order valence-electron chi connectivity index (χ1n) is 8.12. The van der Waals surface area contributed by atoms with E-state index in [4.69, 9.17) is 21.4 Å². The number of rotatable bonds is 9. The Kier molecular flexibility index (Phi) is 7.69. The highest BCUT2D eigenvalue weighted by atomic mass is 35.5. The molecular formula is C19H18ClF2NO4. The number of carbonyl (C=O) groups is 2.